The van der Waals surface area contributed by atoms with E-state index in [0.29, 0.717) is 11.5 Å². The van der Waals surface area contributed by atoms with Crippen molar-refractivity contribution in [1.29, 1.82) is 0 Å². The zero-order valence-corrected chi connectivity index (χ0v) is 14.9. The molecule has 1 fully saturated rings. The number of benzene rings is 1. The molecule has 0 saturated heterocycles. The lowest BCUT2D eigenvalue weighted by molar-refractivity contribution is -0.104. The Kier molecular flexibility index (Phi) is 5.52. The van der Waals surface area contributed by atoms with Crippen molar-refractivity contribution in [2.75, 3.05) is 0 Å². The molecule has 3 rings (SSSR count). The molecule has 0 spiro atoms. The van der Waals surface area contributed by atoms with Crippen LogP contribution in [0.25, 0.3) is 0 Å². The van der Waals surface area contributed by atoms with Gasteiger partial charge in [-0.3, -0.25) is 9.79 Å². The van der Waals surface area contributed by atoms with E-state index in [1.165, 1.54) is 48.3 Å². The van der Waals surface area contributed by atoms with E-state index in [4.69, 9.17) is 4.99 Å². The lowest BCUT2D eigenvalue weighted by Gasteiger charge is -2.24. The number of carbonyl (C=O) groups is 1. The predicted molar refractivity (Wildman–Crippen MR) is 102 cm³/mol. The zero-order valence-electron chi connectivity index (χ0n) is 14.1. The van der Waals surface area contributed by atoms with Crippen molar-refractivity contribution in [3.05, 3.63) is 64.7 Å². The first kappa shape index (κ1) is 17.0. The number of aliphatic imine (C=N–C) groups is 1. The second-order valence-electron chi connectivity index (χ2n) is 6.34. The third-order valence-electron chi connectivity index (χ3n) is 4.69. The maximum Gasteiger partial charge on any atom is 0.150 e. The third-order valence-corrected chi connectivity index (χ3v) is 5.79. The van der Waals surface area contributed by atoms with Crippen LogP contribution in [0.15, 0.2) is 69.1 Å². The van der Waals surface area contributed by atoms with Gasteiger partial charge in [-0.2, -0.15) is 0 Å². The maximum absolute atomic E-state index is 11.2. The lowest BCUT2D eigenvalue weighted by atomic mass is 9.83. The van der Waals surface area contributed by atoms with Gasteiger partial charge in [0, 0.05) is 26.9 Å². The van der Waals surface area contributed by atoms with Gasteiger partial charge in [0.05, 0.1) is 11.4 Å². The van der Waals surface area contributed by atoms with Crippen molar-refractivity contribution >= 4 is 23.8 Å². The molecule has 0 radical (unpaired) electrons. The molecule has 0 bridgehead atoms. The van der Waals surface area contributed by atoms with Gasteiger partial charge in [0.15, 0.2) is 0 Å². The molecular weight excluding hydrogens is 314 g/mol. The van der Waals surface area contributed by atoms with Crippen LogP contribution in [0.3, 0.4) is 0 Å². The Morgan fingerprint density at radius 1 is 1.25 bits per heavy atom. The molecule has 1 aromatic rings. The Labute approximate surface area is 148 Å². The summed E-state index contributed by atoms with van der Waals surface area (Å²) in [5.74, 6) is 0.512. The van der Waals surface area contributed by atoms with Crippen LogP contribution in [0, 0.1) is 5.92 Å². The molecule has 2 aliphatic rings. The van der Waals surface area contributed by atoms with E-state index in [2.05, 4.69) is 37.8 Å². The van der Waals surface area contributed by atoms with Crippen molar-refractivity contribution in [2.45, 2.75) is 43.9 Å². The minimum absolute atomic E-state index is 0.512. The van der Waals surface area contributed by atoms with E-state index in [1.807, 2.05) is 6.08 Å². The summed E-state index contributed by atoms with van der Waals surface area (Å²) in [6.45, 7) is 5.79. The Bertz CT molecular complexity index is 726. The van der Waals surface area contributed by atoms with Crippen LogP contribution >= 0.6 is 11.8 Å². The van der Waals surface area contributed by atoms with Crippen LogP contribution in [0.4, 0.5) is 0 Å². The first-order valence-electron chi connectivity index (χ1n) is 8.59. The van der Waals surface area contributed by atoms with E-state index >= 15 is 0 Å². The van der Waals surface area contributed by atoms with Gasteiger partial charge in [-0.15, -0.1) is 0 Å². The Morgan fingerprint density at radius 3 is 2.71 bits per heavy atom. The van der Waals surface area contributed by atoms with Crippen molar-refractivity contribution in [1.82, 2.24) is 0 Å². The number of thioether (sulfide) groups is 1. The topological polar surface area (TPSA) is 29.4 Å². The number of aldehydes is 1. The van der Waals surface area contributed by atoms with Crippen LogP contribution in [-0.4, -0.2) is 12.0 Å². The van der Waals surface area contributed by atoms with Gasteiger partial charge in [0.1, 0.15) is 6.29 Å². The number of rotatable bonds is 4. The van der Waals surface area contributed by atoms with Crippen LogP contribution < -0.4 is 0 Å². The fourth-order valence-corrected chi connectivity index (χ4v) is 4.34. The highest BCUT2D eigenvalue weighted by atomic mass is 32.2. The van der Waals surface area contributed by atoms with Crippen molar-refractivity contribution in [3.8, 4) is 0 Å². The quantitative estimate of drug-likeness (QED) is 0.400. The summed E-state index contributed by atoms with van der Waals surface area (Å²) in [6, 6.07) is 8.53. The maximum atomic E-state index is 11.2. The third kappa shape index (κ3) is 3.62. The van der Waals surface area contributed by atoms with Gasteiger partial charge in [-0.1, -0.05) is 61.9 Å². The number of carbonyl (C=O) groups excluding carboxylic acids is 1. The molecule has 124 valence electrons. The molecule has 1 aromatic carbocycles. The van der Waals surface area contributed by atoms with E-state index in [0.717, 1.165) is 16.9 Å². The molecule has 24 heavy (non-hydrogen) atoms. The molecule has 0 amide bonds. The molecule has 1 aliphatic heterocycles. The fourth-order valence-electron chi connectivity index (χ4n) is 3.37. The SMILES string of the molecule is C=C/C(C=O)=C\C1=C(C)Sc2ccccc2C(C2CCCCC2)=N1. The van der Waals surface area contributed by atoms with Gasteiger partial charge < -0.3 is 0 Å². The number of hydrogen-bond acceptors (Lipinski definition) is 3. The molecular formula is C21H23NOS. The molecule has 0 N–H and O–H groups in total. The number of nitrogens with zero attached hydrogens (tertiary/aromatic N) is 1. The molecule has 0 aromatic heterocycles. The van der Waals surface area contributed by atoms with E-state index in [-0.39, 0.29) is 0 Å². The van der Waals surface area contributed by atoms with Gasteiger partial charge >= 0.3 is 0 Å². The smallest absolute Gasteiger partial charge is 0.150 e. The first-order chi connectivity index (χ1) is 11.7. The summed E-state index contributed by atoms with van der Waals surface area (Å²) in [5.41, 5.74) is 3.90. The summed E-state index contributed by atoms with van der Waals surface area (Å²) < 4.78 is 0. The van der Waals surface area contributed by atoms with Gasteiger partial charge in [-0.25, -0.2) is 0 Å². The highest BCUT2D eigenvalue weighted by Crippen LogP contribution is 2.39. The van der Waals surface area contributed by atoms with Crippen LogP contribution in [0.2, 0.25) is 0 Å². The van der Waals surface area contributed by atoms with Crippen molar-refractivity contribution in [3.63, 3.8) is 0 Å². The molecule has 0 atom stereocenters. The second kappa shape index (κ2) is 7.80. The molecule has 1 aliphatic carbocycles. The fraction of sp³-hybridized carbons (Fsp3) is 0.333. The molecule has 2 nitrogen and oxygen atoms in total. The van der Waals surface area contributed by atoms with Gasteiger partial charge in [0.2, 0.25) is 0 Å². The summed E-state index contributed by atoms with van der Waals surface area (Å²) in [7, 11) is 0. The van der Waals surface area contributed by atoms with Gasteiger partial charge in [-0.05, 0) is 31.9 Å². The Hall–Kier alpha value is -1.87. The number of fused-ring (bicyclic) bond motifs is 1. The minimum atomic E-state index is 0.512. The monoisotopic (exact) mass is 337 g/mol. The second-order valence-corrected chi connectivity index (χ2v) is 7.59. The summed E-state index contributed by atoms with van der Waals surface area (Å²) in [5, 5.41) is 0. The molecule has 1 saturated carbocycles. The number of allylic oxidation sites excluding steroid dienone is 4. The van der Waals surface area contributed by atoms with E-state index in [9.17, 15) is 4.79 Å². The highest BCUT2D eigenvalue weighted by Gasteiger charge is 2.25. The van der Waals surface area contributed by atoms with Crippen molar-refractivity contribution < 1.29 is 4.79 Å². The Balaban J connectivity index is 2.11. The highest BCUT2D eigenvalue weighted by molar-refractivity contribution is 8.03. The standard InChI is InChI=1S/C21H23NOS/c1-3-16(14-23)13-19-15(2)24-20-12-8-7-11-18(20)21(22-19)17-9-5-4-6-10-17/h3,7-8,11-14,17H,1,4-6,9-10H2,2H3/b16-13+. The van der Waals surface area contributed by atoms with E-state index < -0.39 is 0 Å². The normalized spacial score (nSPS) is 19.4. The predicted octanol–water partition coefficient (Wildman–Crippen LogP) is 5.70. The molecule has 0 unspecified atom stereocenters. The minimum Gasteiger partial charge on any atom is -0.298 e. The summed E-state index contributed by atoms with van der Waals surface area (Å²) in [4.78, 5) is 18.6. The zero-order chi connectivity index (χ0) is 16.9. The number of hydrogen-bond donors (Lipinski definition) is 0. The first-order valence-corrected chi connectivity index (χ1v) is 9.40. The largest absolute Gasteiger partial charge is 0.298 e. The molecule has 1 heterocycles. The van der Waals surface area contributed by atoms with Gasteiger partial charge in [0.25, 0.3) is 0 Å². The van der Waals surface area contributed by atoms with Crippen molar-refractivity contribution in [2.24, 2.45) is 10.9 Å². The van der Waals surface area contributed by atoms with Crippen LogP contribution in [0.1, 0.15) is 44.6 Å². The van der Waals surface area contributed by atoms with Crippen LogP contribution in [-0.2, 0) is 4.79 Å². The van der Waals surface area contributed by atoms with Crippen LogP contribution in [0.5, 0.6) is 0 Å². The molecule has 3 heteroatoms. The lowest BCUT2D eigenvalue weighted by Crippen LogP contribution is -2.19. The summed E-state index contributed by atoms with van der Waals surface area (Å²) in [6.07, 6.45) is 10.6. The average molecular weight is 337 g/mol. The average Bonchev–Trinajstić information content (AvgIpc) is 2.77. The van der Waals surface area contributed by atoms with E-state index in [1.54, 1.807) is 17.8 Å². The Morgan fingerprint density at radius 2 is 2.00 bits per heavy atom. The summed E-state index contributed by atoms with van der Waals surface area (Å²) >= 11 is 1.74.